The molecule has 5 nitrogen and oxygen atoms in total. The number of hydrogen-bond acceptors (Lipinski definition) is 4. The first kappa shape index (κ1) is 23.5. The first-order chi connectivity index (χ1) is 13.4. The largest absolute Gasteiger partial charge is 0.410 e. The maximum atomic E-state index is 11.8. The van der Waals surface area contributed by atoms with Crippen molar-refractivity contribution >= 4 is 14.6 Å². The minimum Gasteiger partial charge on any atom is -0.410 e. The molecule has 1 heterocycles. The van der Waals surface area contributed by atoms with Crippen molar-refractivity contribution in [1.82, 2.24) is 9.55 Å². The Labute approximate surface area is 176 Å². The molecule has 2 rings (SSSR count). The van der Waals surface area contributed by atoms with E-state index in [1.807, 2.05) is 37.3 Å². The number of benzene rings is 1. The predicted octanol–water partition coefficient (Wildman–Crippen LogP) is 5.70. The van der Waals surface area contributed by atoms with Crippen molar-refractivity contribution in [3.8, 4) is 11.3 Å². The van der Waals surface area contributed by atoms with Gasteiger partial charge in [0.25, 0.3) is 0 Å². The fourth-order valence-corrected chi connectivity index (χ4v) is 4.98. The van der Waals surface area contributed by atoms with E-state index in [9.17, 15) is 4.79 Å². The van der Waals surface area contributed by atoms with Crippen molar-refractivity contribution in [1.29, 1.82) is 0 Å². The van der Waals surface area contributed by atoms with Gasteiger partial charge in [-0.25, -0.2) is 4.98 Å². The zero-order valence-corrected chi connectivity index (χ0v) is 20.2. The molecule has 0 bridgehead atoms. The van der Waals surface area contributed by atoms with Gasteiger partial charge in [-0.1, -0.05) is 51.1 Å². The summed E-state index contributed by atoms with van der Waals surface area (Å²) in [7, 11) is -1.97. The summed E-state index contributed by atoms with van der Waals surface area (Å²) in [6.07, 6.45) is 0.829. The molecule has 0 spiro atoms. The molecule has 0 saturated carbocycles. The molecule has 0 aliphatic heterocycles. The molecule has 1 aromatic carbocycles. The number of aromatic nitrogens is 2. The number of carbonyl (C=O) groups is 1. The third-order valence-electron chi connectivity index (χ3n) is 5.54. The summed E-state index contributed by atoms with van der Waals surface area (Å²) in [5.74, 6) is 0.750. The van der Waals surface area contributed by atoms with Crippen molar-refractivity contribution in [2.24, 2.45) is 0 Å². The molecular formula is C23H36N2O3Si. The molecule has 29 heavy (non-hydrogen) atoms. The highest BCUT2D eigenvalue weighted by Gasteiger charge is 2.42. The van der Waals surface area contributed by atoms with Gasteiger partial charge in [-0.3, -0.25) is 4.79 Å². The molecular weight excluding hydrogens is 380 g/mol. The fraction of sp³-hybridized carbons (Fsp3) is 0.565. The molecule has 0 N–H and O–H groups in total. The summed E-state index contributed by atoms with van der Waals surface area (Å²) in [6, 6.07) is 9.93. The second-order valence-electron chi connectivity index (χ2n) is 9.59. The minimum atomic E-state index is -1.97. The molecule has 2 aromatic rings. The van der Waals surface area contributed by atoms with Crippen LogP contribution in [0.3, 0.4) is 0 Å². The lowest BCUT2D eigenvalue weighted by atomic mass is 10.1. The number of nitrogens with zero attached hydrogens (tertiary/aromatic N) is 2. The van der Waals surface area contributed by atoms with E-state index in [4.69, 9.17) is 9.16 Å². The zero-order chi connectivity index (χ0) is 21.9. The number of ether oxygens (including phenoxy) is 1. The van der Waals surface area contributed by atoms with Gasteiger partial charge in [0, 0.05) is 12.2 Å². The number of carbonyl (C=O) groups excluding carboxylic acids is 1. The van der Waals surface area contributed by atoms with Crippen LogP contribution >= 0.6 is 0 Å². The second-order valence-corrected chi connectivity index (χ2v) is 14.3. The van der Waals surface area contributed by atoms with Gasteiger partial charge in [-0.05, 0) is 38.9 Å². The van der Waals surface area contributed by atoms with E-state index >= 15 is 0 Å². The average Bonchev–Trinajstić information content (AvgIpc) is 2.95. The summed E-state index contributed by atoms with van der Waals surface area (Å²) in [5, 5.41) is 0.115. The van der Waals surface area contributed by atoms with Gasteiger partial charge in [0.15, 0.2) is 14.6 Å². The Kier molecular flexibility index (Phi) is 7.25. The maximum absolute atomic E-state index is 11.8. The summed E-state index contributed by atoms with van der Waals surface area (Å²) in [4.78, 5) is 16.4. The molecule has 160 valence electrons. The molecule has 0 atom stereocenters. The lowest BCUT2D eigenvalue weighted by molar-refractivity contribution is 0.0680. The molecule has 0 radical (unpaired) electrons. The van der Waals surface area contributed by atoms with Crippen molar-refractivity contribution in [3.05, 3.63) is 41.9 Å². The van der Waals surface area contributed by atoms with Crippen LogP contribution in [0.5, 0.6) is 0 Å². The molecule has 0 aliphatic carbocycles. The summed E-state index contributed by atoms with van der Waals surface area (Å²) in [6.45, 7) is 19.0. The molecule has 0 fully saturated rings. The number of aldehydes is 1. The molecule has 0 amide bonds. The van der Waals surface area contributed by atoms with Crippen LogP contribution < -0.4 is 0 Å². The van der Waals surface area contributed by atoms with Crippen LogP contribution in [-0.2, 0) is 22.3 Å². The Hall–Kier alpha value is -1.76. The van der Waals surface area contributed by atoms with Crippen molar-refractivity contribution in [3.63, 3.8) is 0 Å². The monoisotopic (exact) mass is 416 g/mol. The molecule has 0 aliphatic rings. The van der Waals surface area contributed by atoms with Gasteiger partial charge in [0.2, 0.25) is 0 Å². The quantitative estimate of drug-likeness (QED) is 0.389. The van der Waals surface area contributed by atoms with Crippen molar-refractivity contribution in [2.45, 2.75) is 78.4 Å². The van der Waals surface area contributed by atoms with Crippen LogP contribution in [0, 0.1) is 0 Å². The van der Waals surface area contributed by atoms with E-state index < -0.39 is 13.9 Å². The maximum Gasteiger partial charge on any atom is 0.192 e. The summed E-state index contributed by atoms with van der Waals surface area (Å²) in [5.41, 5.74) is 1.80. The van der Waals surface area contributed by atoms with Crippen LogP contribution in [0.4, 0.5) is 0 Å². The van der Waals surface area contributed by atoms with Gasteiger partial charge < -0.3 is 13.7 Å². The molecule has 6 heteroatoms. The third-order valence-corrected chi connectivity index (χ3v) is 10.2. The van der Waals surface area contributed by atoms with Crippen LogP contribution in [0.1, 0.15) is 57.9 Å². The third kappa shape index (κ3) is 5.65. The van der Waals surface area contributed by atoms with E-state index in [1.54, 1.807) is 0 Å². The van der Waals surface area contributed by atoms with Gasteiger partial charge >= 0.3 is 0 Å². The SMILES string of the molecule is CCOCc1nc(C=O)c(-c2ccccc2)n1CC(C)(C)O[Si](C)(C)C(C)(C)C. The van der Waals surface area contributed by atoms with Crippen molar-refractivity contribution in [2.75, 3.05) is 6.61 Å². The van der Waals surface area contributed by atoms with Gasteiger partial charge in [0.1, 0.15) is 18.1 Å². The highest BCUT2D eigenvalue weighted by Crippen LogP contribution is 2.40. The van der Waals surface area contributed by atoms with Crippen molar-refractivity contribution < 1.29 is 14.0 Å². The number of rotatable bonds is 9. The second kappa shape index (κ2) is 8.94. The summed E-state index contributed by atoms with van der Waals surface area (Å²) >= 11 is 0. The van der Waals surface area contributed by atoms with Crippen LogP contribution in [0.25, 0.3) is 11.3 Å². The van der Waals surface area contributed by atoms with Crippen LogP contribution in [0.2, 0.25) is 18.1 Å². The Morgan fingerprint density at radius 3 is 2.24 bits per heavy atom. The normalized spacial score (nSPS) is 13.0. The zero-order valence-electron chi connectivity index (χ0n) is 19.2. The van der Waals surface area contributed by atoms with Gasteiger partial charge in [-0.2, -0.15) is 0 Å². The average molecular weight is 417 g/mol. The van der Waals surface area contributed by atoms with E-state index in [2.05, 4.69) is 57.3 Å². The fourth-order valence-electron chi connectivity index (χ4n) is 3.23. The van der Waals surface area contributed by atoms with Crippen LogP contribution in [-0.4, -0.2) is 36.4 Å². The first-order valence-corrected chi connectivity index (χ1v) is 13.2. The Balaban J connectivity index is 2.51. The smallest absolute Gasteiger partial charge is 0.192 e. The Morgan fingerprint density at radius 1 is 1.10 bits per heavy atom. The Morgan fingerprint density at radius 2 is 1.72 bits per heavy atom. The molecule has 0 saturated heterocycles. The number of imidazole rings is 1. The van der Waals surface area contributed by atoms with Gasteiger partial charge in [-0.15, -0.1) is 0 Å². The lowest BCUT2D eigenvalue weighted by Gasteiger charge is -2.43. The topological polar surface area (TPSA) is 53.3 Å². The van der Waals surface area contributed by atoms with E-state index in [0.717, 1.165) is 23.4 Å². The summed E-state index contributed by atoms with van der Waals surface area (Å²) < 4.78 is 14.5. The first-order valence-electron chi connectivity index (χ1n) is 10.3. The van der Waals surface area contributed by atoms with E-state index in [0.29, 0.717) is 25.5 Å². The standard InChI is InChI=1S/C23H36N2O3Si/c1-9-27-16-20-24-19(15-26)21(18-13-11-10-12-14-18)25(20)17-23(5,6)28-29(7,8)22(2,3)4/h10-15H,9,16-17H2,1-8H3. The minimum absolute atomic E-state index is 0.115. The number of hydrogen-bond donors (Lipinski definition) is 0. The molecule has 1 aromatic heterocycles. The Bertz CT molecular complexity index is 821. The van der Waals surface area contributed by atoms with Gasteiger partial charge in [0.05, 0.1) is 17.8 Å². The lowest BCUT2D eigenvalue weighted by Crippen LogP contribution is -2.49. The molecule has 0 unspecified atom stereocenters. The highest BCUT2D eigenvalue weighted by molar-refractivity contribution is 6.74. The van der Waals surface area contributed by atoms with E-state index in [1.165, 1.54) is 0 Å². The van der Waals surface area contributed by atoms with Crippen LogP contribution in [0.15, 0.2) is 30.3 Å². The predicted molar refractivity (Wildman–Crippen MR) is 121 cm³/mol. The highest BCUT2D eigenvalue weighted by atomic mass is 28.4. The van der Waals surface area contributed by atoms with E-state index in [-0.39, 0.29) is 5.04 Å².